The third-order valence-electron chi connectivity index (χ3n) is 3.75. The highest BCUT2D eigenvalue weighted by atomic mass is 31.2. The van der Waals surface area contributed by atoms with Crippen molar-refractivity contribution in [2.24, 2.45) is 5.73 Å². The molecule has 26 heavy (non-hydrogen) atoms. The van der Waals surface area contributed by atoms with Crippen molar-refractivity contribution in [3.8, 4) is 0 Å². The Kier molecular flexibility index (Phi) is 16.0. The Bertz CT molecular complexity index is 430. The lowest BCUT2D eigenvalue weighted by Gasteiger charge is -2.11. The Balaban J connectivity index is 3.26. The average Bonchev–Trinajstić information content (AvgIpc) is 2.59. The molecule has 0 aliphatic rings. The van der Waals surface area contributed by atoms with Crippen LogP contribution in [0.2, 0.25) is 0 Å². The van der Waals surface area contributed by atoms with Crippen molar-refractivity contribution < 1.29 is 28.0 Å². The quantitative estimate of drug-likeness (QED) is 0.156. The van der Waals surface area contributed by atoms with Crippen molar-refractivity contribution in [2.45, 2.75) is 71.1 Å². The first kappa shape index (κ1) is 25.3. The van der Waals surface area contributed by atoms with Gasteiger partial charge in [0.2, 0.25) is 0 Å². The lowest BCUT2D eigenvalue weighted by Crippen LogP contribution is -2.08. The van der Waals surface area contributed by atoms with Crippen LogP contribution < -0.4 is 5.73 Å². The molecule has 0 heterocycles. The number of carbonyl (C=O) groups excluding carboxylic acids is 1. The summed E-state index contributed by atoms with van der Waals surface area (Å²) < 4.78 is 25.9. The van der Waals surface area contributed by atoms with Gasteiger partial charge in [-0.1, -0.05) is 57.9 Å². The molecule has 0 rings (SSSR count). The highest BCUT2D eigenvalue weighted by molar-refractivity contribution is 7.47. The molecule has 0 aromatic carbocycles. The van der Waals surface area contributed by atoms with E-state index in [1.54, 1.807) is 6.92 Å². The monoisotopic (exact) mass is 393 g/mol. The van der Waals surface area contributed by atoms with E-state index in [9.17, 15) is 14.3 Å². The van der Waals surface area contributed by atoms with Crippen LogP contribution in [0.25, 0.3) is 0 Å². The molecule has 3 N–H and O–H groups in total. The largest absolute Gasteiger partial charge is 0.472 e. The summed E-state index contributed by atoms with van der Waals surface area (Å²) in [5, 5.41) is 0. The van der Waals surface area contributed by atoms with Gasteiger partial charge in [-0.2, -0.15) is 0 Å². The first-order valence-corrected chi connectivity index (χ1v) is 11.0. The van der Waals surface area contributed by atoms with Gasteiger partial charge in [0.15, 0.2) is 0 Å². The molecule has 0 bridgehead atoms. The number of hydrogen-bond donors (Lipinski definition) is 2. The van der Waals surface area contributed by atoms with E-state index in [4.69, 9.17) is 15.0 Å². The van der Waals surface area contributed by atoms with Crippen LogP contribution >= 0.6 is 7.82 Å². The van der Waals surface area contributed by atoms with Crippen molar-refractivity contribution in [1.29, 1.82) is 0 Å². The number of hydrogen-bond acceptors (Lipinski definition) is 6. The van der Waals surface area contributed by atoms with Crippen molar-refractivity contribution in [1.82, 2.24) is 0 Å². The molecule has 0 radical (unpaired) electrons. The van der Waals surface area contributed by atoms with Gasteiger partial charge < -0.3 is 15.4 Å². The summed E-state index contributed by atoms with van der Waals surface area (Å²) in [6, 6.07) is 0. The first-order chi connectivity index (χ1) is 12.4. The van der Waals surface area contributed by atoms with Crippen molar-refractivity contribution in [2.75, 3.05) is 26.4 Å². The summed E-state index contributed by atoms with van der Waals surface area (Å²) in [7, 11) is -3.91. The predicted molar refractivity (Wildman–Crippen MR) is 103 cm³/mol. The van der Waals surface area contributed by atoms with Crippen molar-refractivity contribution in [3.05, 3.63) is 12.2 Å². The Morgan fingerprint density at radius 3 is 1.77 bits per heavy atom. The van der Waals surface area contributed by atoms with Gasteiger partial charge in [-0.25, -0.2) is 9.36 Å². The molecule has 154 valence electrons. The number of ether oxygens (including phenoxy) is 1. The number of esters is 1. The second-order valence-corrected chi connectivity index (χ2v) is 7.83. The molecular formula is C18H36NO6P. The smallest absolute Gasteiger partial charge is 0.462 e. The van der Waals surface area contributed by atoms with Gasteiger partial charge in [0, 0.05) is 12.1 Å². The van der Waals surface area contributed by atoms with Crippen LogP contribution in [0, 0.1) is 0 Å². The summed E-state index contributed by atoms with van der Waals surface area (Å²) in [6.45, 7) is 6.11. The molecule has 0 amide bonds. The van der Waals surface area contributed by atoms with Gasteiger partial charge >= 0.3 is 13.8 Å². The number of rotatable bonds is 18. The number of phosphoric acid groups is 1. The molecule has 0 saturated heterocycles. The second-order valence-electron chi connectivity index (χ2n) is 6.38. The van der Waals surface area contributed by atoms with Crippen molar-refractivity contribution >= 4 is 13.8 Å². The van der Waals surface area contributed by atoms with Crippen LogP contribution in [0.15, 0.2) is 12.2 Å². The Morgan fingerprint density at radius 2 is 1.31 bits per heavy atom. The average molecular weight is 393 g/mol. The Morgan fingerprint density at radius 1 is 0.885 bits per heavy atom. The minimum absolute atomic E-state index is 0.0213. The van der Waals surface area contributed by atoms with Crippen molar-refractivity contribution in [3.63, 3.8) is 0 Å². The molecule has 1 atom stereocenters. The molecule has 0 fully saturated rings. The number of nitrogens with two attached hydrogens (primary N) is 1. The Hall–Kier alpha value is -0.720. The molecule has 8 heteroatoms. The fourth-order valence-electron chi connectivity index (χ4n) is 2.29. The standard InChI is InChI=1S/C18H36NO6P/c1-17(2)18(20)23-14-11-9-7-5-3-4-6-8-10-12-15-24-26(21,22)25-16-13-19/h1,3-16,19H2,2H3,(H,21,22). The van der Waals surface area contributed by atoms with E-state index in [0.717, 1.165) is 44.9 Å². The van der Waals surface area contributed by atoms with Gasteiger partial charge in [0.25, 0.3) is 0 Å². The molecule has 0 spiro atoms. The molecule has 0 aromatic heterocycles. The van der Waals surface area contributed by atoms with Crippen LogP contribution in [-0.4, -0.2) is 37.2 Å². The van der Waals surface area contributed by atoms with Gasteiger partial charge in [0.05, 0.1) is 19.8 Å². The SMILES string of the molecule is C=C(C)C(=O)OCCCCCCCCCCCCOP(=O)(O)OCCN. The van der Waals surface area contributed by atoms with E-state index in [0.29, 0.717) is 12.2 Å². The zero-order valence-corrected chi connectivity index (χ0v) is 17.0. The van der Waals surface area contributed by atoms with E-state index in [2.05, 4.69) is 11.1 Å². The number of carbonyl (C=O) groups is 1. The molecular weight excluding hydrogens is 357 g/mol. The maximum atomic E-state index is 11.4. The van der Waals surface area contributed by atoms with Crippen LogP contribution in [0.4, 0.5) is 0 Å². The topological polar surface area (TPSA) is 108 Å². The summed E-state index contributed by atoms with van der Waals surface area (Å²) in [5.74, 6) is -0.305. The fourth-order valence-corrected chi connectivity index (χ4v) is 3.06. The molecule has 0 saturated carbocycles. The molecule has 1 unspecified atom stereocenters. The van der Waals surface area contributed by atoms with Gasteiger partial charge in [0.1, 0.15) is 0 Å². The van der Waals surface area contributed by atoms with Gasteiger partial charge in [-0.3, -0.25) is 9.05 Å². The third kappa shape index (κ3) is 16.7. The van der Waals surface area contributed by atoms with Crippen LogP contribution in [0.5, 0.6) is 0 Å². The highest BCUT2D eigenvalue weighted by Crippen LogP contribution is 2.42. The zero-order valence-electron chi connectivity index (χ0n) is 16.1. The summed E-state index contributed by atoms with van der Waals surface area (Å²) in [4.78, 5) is 20.5. The minimum Gasteiger partial charge on any atom is -0.462 e. The maximum Gasteiger partial charge on any atom is 0.472 e. The third-order valence-corrected chi connectivity index (χ3v) is 4.76. The fraction of sp³-hybridized carbons (Fsp3) is 0.833. The normalized spacial score (nSPS) is 13.3. The molecule has 7 nitrogen and oxygen atoms in total. The lowest BCUT2D eigenvalue weighted by atomic mass is 10.1. The first-order valence-electron chi connectivity index (χ1n) is 9.53. The van der Waals surface area contributed by atoms with E-state index >= 15 is 0 Å². The lowest BCUT2D eigenvalue weighted by molar-refractivity contribution is -0.139. The maximum absolute atomic E-state index is 11.4. The number of phosphoric ester groups is 1. The van der Waals surface area contributed by atoms with Crippen LogP contribution in [0.3, 0.4) is 0 Å². The van der Waals surface area contributed by atoms with E-state index in [1.165, 1.54) is 19.3 Å². The molecule has 0 aliphatic heterocycles. The van der Waals surface area contributed by atoms with E-state index in [-0.39, 0.29) is 25.7 Å². The van der Waals surface area contributed by atoms with Gasteiger partial charge in [-0.15, -0.1) is 0 Å². The molecule has 0 aromatic rings. The zero-order chi connectivity index (χ0) is 19.7. The van der Waals surface area contributed by atoms with E-state index < -0.39 is 7.82 Å². The summed E-state index contributed by atoms with van der Waals surface area (Å²) >= 11 is 0. The molecule has 0 aliphatic carbocycles. The highest BCUT2D eigenvalue weighted by Gasteiger charge is 2.19. The second kappa shape index (κ2) is 16.5. The predicted octanol–water partition coefficient (Wildman–Crippen LogP) is 4.10. The van der Waals surface area contributed by atoms with Crippen LogP contribution in [-0.2, 0) is 23.1 Å². The minimum atomic E-state index is -3.91. The Labute approximate surface area is 157 Å². The number of unbranched alkanes of at least 4 members (excludes halogenated alkanes) is 9. The van der Waals surface area contributed by atoms with E-state index in [1.807, 2.05) is 0 Å². The summed E-state index contributed by atoms with van der Waals surface area (Å²) in [5.41, 5.74) is 5.64. The van der Waals surface area contributed by atoms with Crippen LogP contribution in [0.1, 0.15) is 71.1 Å². The summed E-state index contributed by atoms with van der Waals surface area (Å²) in [6.07, 6.45) is 10.7. The van der Waals surface area contributed by atoms with Gasteiger partial charge in [-0.05, 0) is 19.8 Å².